The Labute approximate surface area is 92.6 Å². The maximum absolute atomic E-state index is 11.6. The molecule has 3 nitrogen and oxygen atoms in total. The van der Waals surface area contributed by atoms with Gasteiger partial charge in [-0.1, -0.05) is 20.3 Å². The van der Waals surface area contributed by atoms with Crippen LogP contribution in [0, 0.1) is 5.92 Å². The number of carbonyl (C=O) groups is 1. The smallest absolute Gasteiger partial charge is 0.307 e. The molecule has 0 amide bonds. The highest BCUT2D eigenvalue weighted by Gasteiger charge is 2.41. The first kappa shape index (κ1) is 12.5. The highest BCUT2D eigenvalue weighted by atomic mass is 16.5. The van der Waals surface area contributed by atoms with Crippen molar-refractivity contribution in [3.63, 3.8) is 0 Å². The van der Waals surface area contributed by atoms with E-state index in [9.17, 15) is 4.79 Å². The molecule has 2 atom stereocenters. The van der Waals surface area contributed by atoms with E-state index in [1.807, 2.05) is 6.92 Å². The molecular weight excluding hydrogens is 190 g/mol. The van der Waals surface area contributed by atoms with Crippen LogP contribution in [0.3, 0.4) is 0 Å². The van der Waals surface area contributed by atoms with Crippen molar-refractivity contribution in [3.8, 4) is 0 Å². The maximum atomic E-state index is 11.6. The van der Waals surface area contributed by atoms with Crippen LogP contribution in [0.4, 0.5) is 0 Å². The minimum Gasteiger partial charge on any atom is -0.466 e. The lowest BCUT2D eigenvalue weighted by atomic mass is 9.85. The third kappa shape index (κ3) is 2.94. The Morgan fingerprint density at radius 1 is 1.53 bits per heavy atom. The predicted octanol–water partition coefficient (Wildman–Crippen LogP) is 2.11. The Hall–Kier alpha value is -0.570. The number of rotatable bonds is 5. The molecule has 0 spiro atoms. The van der Waals surface area contributed by atoms with Gasteiger partial charge in [0.1, 0.15) is 0 Å². The Balaban J connectivity index is 2.60. The number of esters is 1. The summed E-state index contributed by atoms with van der Waals surface area (Å²) in [5, 5.41) is 3.50. The van der Waals surface area contributed by atoms with Crippen LogP contribution in [0.15, 0.2) is 0 Å². The molecule has 1 rings (SSSR count). The summed E-state index contributed by atoms with van der Waals surface area (Å²) in [4.78, 5) is 11.6. The number of ether oxygens (including phenoxy) is 1. The summed E-state index contributed by atoms with van der Waals surface area (Å²) in [5.41, 5.74) is 0.000995. The fraction of sp³-hybridized carbons (Fsp3) is 0.917. The summed E-state index contributed by atoms with van der Waals surface area (Å²) in [6.45, 7) is 7.59. The molecule has 3 heteroatoms. The van der Waals surface area contributed by atoms with Gasteiger partial charge in [0.05, 0.1) is 13.0 Å². The zero-order chi connectivity index (χ0) is 11.3. The number of hydrogen-bond donors (Lipinski definition) is 1. The molecule has 0 bridgehead atoms. The number of hydrogen-bond acceptors (Lipinski definition) is 3. The monoisotopic (exact) mass is 213 g/mol. The van der Waals surface area contributed by atoms with Crippen LogP contribution < -0.4 is 5.32 Å². The molecule has 0 saturated heterocycles. The van der Waals surface area contributed by atoms with Gasteiger partial charge < -0.3 is 10.1 Å². The van der Waals surface area contributed by atoms with Crippen molar-refractivity contribution in [1.29, 1.82) is 0 Å². The van der Waals surface area contributed by atoms with E-state index >= 15 is 0 Å². The molecule has 0 aliphatic heterocycles. The van der Waals surface area contributed by atoms with E-state index in [1.54, 1.807) is 0 Å². The van der Waals surface area contributed by atoms with Crippen molar-refractivity contribution in [2.45, 2.75) is 52.0 Å². The average molecular weight is 213 g/mol. The molecule has 0 radical (unpaired) electrons. The molecule has 88 valence electrons. The summed E-state index contributed by atoms with van der Waals surface area (Å²) >= 11 is 0. The third-order valence-corrected chi connectivity index (χ3v) is 3.50. The van der Waals surface area contributed by atoms with Crippen LogP contribution in [-0.4, -0.2) is 24.7 Å². The van der Waals surface area contributed by atoms with E-state index < -0.39 is 0 Å². The minimum atomic E-state index is -0.0628. The second-order valence-electron chi connectivity index (χ2n) is 4.46. The van der Waals surface area contributed by atoms with Gasteiger partial charge >= 0.3 is 5.97 Å². The number of nitrogens with one attached hydrogen (secondary N) is 1. The van der Waals surface area contributed by atoms with Gasteiger partial charge in [0.2, 0.25) is 0 Å². The van der Waals surface area contributed by atoms with Crippen LogP contribution in [-0.2, 0) is 9.53 Å². The molecule has 1 fully saturated rings. The van der Waals surface area contributed by atoms with Crippen molar-refractivity contribution >= 4 is 5.97 Å². The lowest BCUT2D eigenvalue weighted by molar-refractivity contribution is -0.145. The van der Waals surface area contributed by atoms with E-state index in [1.165, 1.54) is 12.8 Å². The Morgan fingerprint density at radius 3 is 2.73 bits per heavy atom. The first-order valence-corrected chi connectivity index (χ1v) is 6.05. The van der Waals surface area contributed by atoms with Crippen molar-refractivity contribution in [3.05, 3.63) is 0 Å². The molecule has 0 aromatic heterocycles. The summed E-state index contributed by atoms with van der Waals surface area (Å²) in [7, 11) is 0. The lowest BCUT2D eigenvalue weighted by Crippen LogP contribution is -2.49. The summed E-state index contributed by atoms with van der Waals surface area (Å²) < 4.78 is 5.04. The van der Waals surface area contributed by atoms with E-state index in [-0.39, 0.29) is 11.5 Å². The van der Waals surface area contributed by atoms with E-state index in [2.05, 4.69) is 19.2 Å². The zero-order valence-corrected chi connectivity index (χ0v) is 10.1. The van der Waals surface area contributed by atoms with Gasteiger partial charge in [-0.25, -0.2) is 0 Å². The second-order valence-corrected chi connectivity index (χ2v) is 4.46. The van der Waals surface area contributed by atoms with Crippen LogP contribution in [0.5, 0.6) is 0 Å². The van der Waals surface area contributed by atoms with Gasteiger partial charge in [-0.05, 0) is 32.2 Å². The van der Waals surface area contributed by atoms with Gasteiger partial charge in [-0.3, -0.25) is 4.79 Å². The fourth-order valence-electron chi connectivity index (χ4n) is 2.66. The largest absolute Gasteiger partial charge is 0.466 e. The average Bonchev–Trinajstić information content (AvgIpc) is 2.49. The normalized spacial score (nSPS) is 30.5. The predicted molar refractivity (Wildman–Crippen MR) is 60.7 cm³/mol. The van der Waals surface area contributed by atoms with E-state index in [0.29, 0.717) is 18.9 Å². The maximum Gasteiger partial charge on any atom is 0.307 e. The first-order valence-electron chi connectivity index (χ1n) is 6.05. The van der Waals surface area contributed by atoms with Crippen molar-refractivity contribution in [2.75, 3.05) is 13.2 Å². The molecule has 0 heterocycles. The topological polar surface area (TPSA) is 38.3 Å². The third-order valence-electron chi connectivity index (χ3n) is 3.50. The van der Waals surface area contributed by atoms with E-state index in [4.69, 9.17) is 4.74 Å². The van der Waals surface area contributed by atoms with Gasteiger partial charge in [-0.2, -0.15) is 0 Å². The first-order chi connectivity index (χ1) is 7.14. The van der Waals surface area contributed by atoms with Crippen molar-refractivity contribution in [2.24, 2.45) is 5.92 Å². The van der Waals surface area contributed by atoms with Gasteiger partial charge in [-0.15, -0.1) is 0 Å². The van der Waals surface area contributed by atoms with Crippen LogP contribution >= 0.6 is 0 Å². The summed E-state index contributed by atoms with van der Waals surface area (Å²) in [6.07, 6.45) is 4.05. The summed E-state index contributed by atoms with van der Waals surface area (Å²) in [5.74, 6) is 0.508. The Bertz CT molecular complexity index is 218. The fourth-order valence-corrected chi connectivity index (χ4v) is 2.66. The molecule has 0 aromatic carbocycles. The van der Waals surface area contributed by atoms with Crippen molar-refractivity contribution in [1.82, 2.24) is 5.32 Å². The van der Waals surface area contributed by atoms with Gasteiger partial charge in [0.15, 0.2) is 0 Å². The second kappa shape index (κ2) is 5.50. The zero-order valence-electron chi connectivity index (χ0n) is 10.1. The van der Waals surface area contributed by atoms with Crippen LogP contribution in [0.2, 0.25) is 0 Å². The summed E-state index contributed by atoms with van der Waals surface area (Å²) in [6, 6.07) is 0. The number of carbonyl (C=O) groups excluding carboxylic acids is 1. The SMILES string of the molecule is CCNC1(CC(=O)OCC)CCCC1C. The molecule has 15 heavy (non-hydrogen) atoms. The molecule has 1 N–H and O–H groups in total. The standard InChI is InChI=1S/C12H23NO2/c1-4-13-12(8-6-7-10(12)3)9-11(14)15-5-2/h10,13H,4-9H2,1-3H3. The minimum absolute atomic E-state index is 0.000995. The Kier molecular flexibility index (Phi) is 4.58. The highest BCUT2D eigenvalue weighted by Crippen LogP contribution is 2.38. The van der Waals surface area contributed by atoms with Gasteiger partial charge in [0.25, 0.3) is 0 Å². The lowest BCUT2D eigenvalue weighted by Gasteiger charge is -2.33. The molecule has 0 aromatic rings. The molecule has 2 unspecified atom stereocenters. The Morgan fingerprint density at radius 2 is 2.27 bits per heavy atom. The van der Waals surface area contributed by atoms with E-state index in [0.717, 1.165) is 13.0 Å². The van der Waals surface area contributed by atoms with Crippen LogP contribution in [0.25, 0.3) is 0 Å². The molecule has 1 aliphatic carbocycles. The molecule has 1 aliphatic rings. The molecule has 1 saturated carbocycles. The van der Waals surface area contributed by atoms with Crippen LogP contribution in [0.1, 0.15) is 46.5 Å². The van der Waals surface area contributed by atoms with Gasteiger partial charge in [0, 0.05) is 5.54 Å². The van der Waals surface area contributed by atoms with Crippen molar-refractivity contribution < 1.29 is 9.53 Å². The quantitative estimate of drug-likeness (QED) is 0.711. The molecular formula is C12H23NO2. The highest BCUT2D eigenvalue weighted by molar-refractivity contribution is 5.71.